The number of hydrogen-bond donors (Lipinski definition) is 1. The fourth-order valence-electron chi connectivity index (χ4n) is 3.04. The Hall–Kier alpha value is -0.890. The lowest BCUT2D eigenvalue weighted by Crippen LogP contribution is -2.52. The zero-order chi connectivity index (χ0) is 12.5. The molecule has 2 N–H and O–H groups in total. The molecular formula is C15H22FN. The second-order valence-corrected chi connectivity index (χ2v) is 5.66. The van der Waals surface area contributed by atoms with Gasteiger partial charge in [-0.3, -0.25) is 0 Å². The molecule has 0 aliphatic heterocycles. The van der Waals surface area contributed by atoms with Gasteiger partial charge in [-0.05, 0) is 36.3 Å². The van der Waals surface area contributed by atoms with Crippen molar-refractivity contribution in [2.45, 2.75) is 45.1 Å². The van der Waals surface area contributed by atoms with E-state index >= 15 is 0 Å². The van der Waals surface area contributed by atoms with Crippen LogP contribution < -0.4 is 5.73 Å². The topological polar surface area (TPSA) is 26.0 Å². The predicted octanol–water partition coefficient (Wildman–Crippen LogP) is 3.52. The standard InChI is InChI=1S/C15H22FN/c1-11-6-5-9-15(17,12(11)2)10-13-7-3-4-8-14(13)16/h3-4,7-8,11-12H,5-6,9-10,17H2,1-2H3. The Morgan fingerprint density at radius 3 is 2.76 bits per heavy atom. The van der Waals surface area contributed by atoms with Gasteiger partial charge in [0.2, 0.25) is 0 Å². The molecule has 1 aromatic carbocycles. The summed E-state index contributed by atoms with van der Waals surface area (Å²) in [5, 5.41) is 0. The van der Waals surface area contributed by atoms with Gasteiger partial charge in [0.25, 0.3) is 0 Å². The maximum atomic E-state index is 13.7. The van der Waals surface area contributed by atoms with Crippen molar-refractivity contribution in [2.24, 2.45) is 17.6 Å². The number of rotatable bonds is 2. The SMILES string of the molecule is CC1CCCC(N)(Cc2ccccc2F)C1C. The molecule has 3 unspecified atom stereocenters. The molecule has 1 fully saturated rings. The van der Waals surface area contributed by atoms with Gasteiger partial charge in [0, 0.05) is 5.54 Å². The maximum absolute atomic E-state index is 13.7. The first kappa shape index (κ1) is 12.6. The Morgan fingerprint density at radius 1 is 1.35 bits per heavy atom. The van der Waals surface area contributed by atoms with Crippen LogP contribution in [-0.4, -0.2) is 5.54 Å². The molecule has 1 aromatic rings. The van der Waals surface area contributed by atoms with Crippen LogP contribution in [0.2, 0.25) is 0 Å². The maximum Gasteiger partial charge on any atom is 0.126 e. The summed E-state index contributed by atoms with van der Waals surface area (Å²) in [6.45, 7) is 4.47. The molecule has 0 saturated heterocycles. The quantitative estimate of drug-likeness (QED) is 0.834. The van der Waals surface area contributed by atoms with Crippen molar-refractivity contribution in [1.82, 2.24) is 0 Å². The first-order valence-electron chi connectivity index (χ1n) is 6.55. The molecule has 1 nitrogen and oxygen atoms in total. The summed E-state index contributed by atoms with van der Waals surface area (Å²) >= 11 is 0. The van der Waals surface area contributed by atoms with E-state index in [-0.39, 0.29) is 11.4 Å². The molecule has 3 atom stereocenters. The average molecular weight is 235 g/mol. The van der Waals surface area contributed by atoms with Crippen LogP contribution in [0.25, 0.3) is 0 Å². The first-order chi connectivity index (χ1) is 8.03. The summed E-state index contributed by atoms with van der Waals surface area (Å²) in [5.74, 6) is 0.971. The molecule has 17 heavy (non-hydrogen) atoms. The summed E-state index contributed by atoms with van der Waals surface area (Å²) in [7, 11) is 0. The molecule has 0 heterocycles. The Labute approximate surface area is 103 Å². The molecule has 94 valence electrons. The van der Waals surface area contributed by atoms with Gasteiger partial charge in [0.1, 0.15) is 5.82 Å². The van der Waals surface area contributed by atoms with Crippen LogP contribution in [0.3, 0.4) is 0 Å². The van der Waals surface area contributed by atoms with E-state index in [4.69, 9.17) is 5.73 Å². The fourth-order valence-corrected chi connectivity index (χ4v) is 3.04. The fraction of sp³-hybridized carbons (Fsp3) is 0.600. The number of hydrogen-bond acceptors (Lipinski definition) is 1. The van der Waals surface area contributed by atoms with Crippen molar-refractivity contribution in [3.05, 3.63) is 35.6 Å². The van der Waals surface area contributed by atoms with Gasteiger partial charge in [-0.1, -0.05) is 44.9 Å². The number of benzene rings is 1. The van der Waals surface area contributed by atoms with E-state index in [9.17, 15) is 4.39 Å². The Bertz CT molecular complexity index is 390. The lowest BCUT2D eigenvalue weighted by atomic mass is 9.66. The van der Waals surface area contributed by atoms with E-state index < -0.39 is 0 Å². The highest BCUT2D eigenvalue weighted by atomic mass is 19.1. The van der Waals surface area contributed by atoms with Crippen molar-refractivity contribution >= 4 is 0 Å². The van der Waals surface area contributed by atoms with Gasteiger partial charge in [-0.15, -0.1) is 0 Å². The van der Waals surface area contributed by atoms with E-state index in [2.05, 4.69) is 13.8 Å². The summed E-state index contributed by atoms with van der Waals surface area (Å²) in [4.78, 5) is 0. The molecule has 1 saturated carbocycles. The van der Waals surface area contributed by atoms with Crippen molar-refractivity contribution in [2.75, 3.05) is 0 Å². The molecule has 0 spiro atoms. The van der Waals surface area contributed by atoms with Gasteiger partial charge >= 0.3 is 0 Å². The largest absolute Gasteiger partial charge is 0.325 e. The highest BCUT2D eigenvalue weighted by Crippen LogP contribution is 2.38. The predicted molar refractivity (Wildman–Crippen MR) is 69.2 cm³/mol. The van der Waals surface area contributed by atoms with Crippen LogP contribution in [0.5, 0.6) is 0 Å². The second-order valence-electron chi connectivity index (χ2n) is 5.66. The summed E-state index contributed by atoms with van der Waals surface area (Å²) in [5.41, 5.74) is 7.05. The van der Waals surface area contributed by atoms with Gasteiger partial charge in [-0.2, -0.15) is 0 Å². The smallest absolute Gasteiger partial charge is 0.126 e. The molecular weight excluding hydrogens is 213 g/mol. The van der Waals surface area contributed by atoms with Crippen molar-refractivity contribution in [3.63, 3.8) is 0 Å². The number of halogens is 1. The van der Waals surface area contributed by atoms with E-state index in [1.165, 1.54) is 12.5 Å². The van der Waals surface area contributed by atoms with Gasteiger partial charge < -0.3 is 5.73 Å². The van der Waals surface area contributed by atoms with Crippen LogP contribution in [0.15, 0.2) is 24.3 Å². The highest BCUT2D eigenvalue weighted by molar-refractivity contribution is 5.21. The Kier molecular flexibility index (Phi) is 3.53. The zero-order valence-corrected chi connectivity index (χ0v) is 10.7. The Morgan fingerprint density at radius 2 is 2.06 bits per heavy atom. The summed E-state index contributed by atoms with van der Waals surface area (Å²) < 4.78 is 13.7. The van der Waals surface area contributed by atoms with Crippen LogP contribution >= 0.6 is 0 Å². The highest BCUT2D eigenvalue weighted by Gasteiger charge is 2.38. The molecule has 1 aliphatic rings. The average Bonchev–Trinajstić information content (AvgIpc) is 2.29. The van der Waals surface area contributed by atoms with E-state index in [1.807, 2.05) is 12.1 Å². The third-order valence-electron chi connectivity index (χ3n) is 4.54. The minimum absolute atomic E-state index is 0.122. The summed E-state index contributed by atoms with van der Waals surface area (Å²) in [6.07, 6.45) is 4.08. The molecule has 0 bridgehead atoms. The Balaban J connectivity index is 2.19. The molecule has 2 heteroatoms. The van der Waals surface area contributed by atoms with Crippen LogP contribution in [-0.2, 0) is 6.42 Å². The van der Waals surface area contributed by atoms with Gasteiger partial charge in [0.05, 0.1) is 0 Å². The molecule has 0 amide bonds. The van der Waals surface area contributed by atoms with Crippen molar-refractivity contribution in [3.8, 4) is 0 Å². The normalized spacial score (nSPS) is 33.6. The van der Waals surface area contributed by atoms with Crippen LogP contribution in [0.4, 0.5) is 4.39 Å². The second kappa shape index (κ2) is 4.77. The third kappa shape index (κ3) is 2.52. The third-order valence-corrected chi connectivity index (χ3v) is 4.54. The van der Waals surface area contributed by atoms with Gasteiger partial charge in [-0.25, -0.2) is 4.39 Å². The lowest BCUT2D eigenvalue weighted by molar-refractivity contribution is 0.142. The molecule has 0 radical (unpaired) electrons. The molecule has 0 aromatic heterocycles. The molecule has 2 rings (SSSR count). The minimum Gasteiger partial charge on any atom is -0.325 e. The van der Waals surface area contributed by atoms with Gasteiger partial charge in [0.15, 0.2) is 0 Å². The van der Waals surface area contributed by atoms with Crippen molar-refractivity contribution in [1.29, 1.82) is 0 Å². The van der Waals surface area contributed by atoms with Crippen LogP contribution in [0.1, 0.15) is 38.7 Å². The first-order valence-corrected chi connectivity index (χ1v) is 6.55. The lowest BCUT2D eigenvalue weighted by Gasteiger charge is -2.43. The number of nitrogens with two attached hydrogens (primary N) is 1. The van der Waals surface area contributed by atoms with Crippen molar-refractivity contribution < 1.29 is 4.39 Å². The van der Waals surface area contributed by atoms with Crippen LogP contribution in [0, 0.1) is 17.7 Å². The zero-order valence-electron chi connectivity index (χ0n) is 10.7. The van der Waals surface area contributed by atoms with E-state index in [1.54, 1.807) is 6.07 Å². The minimum atomic E-state index is -0.236. The monoisotopic (exact) mass is 235 g/mol. The molecule has 1 aliphatic carbocycles. The van der Waals surface area contributed by atoms with E-state index in [0.717, 1.165) is 18.4 Å². The summed E-state index contributed by atoms with van der Waals surface area (Å²) in [6, 6.07) is 7.00. The van der Waals surface area contributed by atoms with E-state index in [0.29, 0.717) is 18.3 Å².